The van der Waals surface area contributed by atoms with E-state index >= 15 is 0 Å². The fraction of sp³-hybridized carbons (Fsp3) is 0.417. The fourth-order valence-electron chi connectivity index (χ4n) is 1.03. The van der Waals surface area contributed by atoms with Gasteiger partial charge in [0.1, 0.15) is 5.69 Å². The molecule has 1 rings (SSSR count). The van der Waals surface area contributed by atoms with Crippen LogP contribution < -0.4 is 5.32 Å². The van der Waals surface area contributed by atoms with E-state index in [0.29, 0.717) is 5.69 Å². The largest absolute Gasteiger partial charge is 0.344 e. The lowest BCUT2D eigenvalue weighted by Gasteiger charge is -2.16. The zero-order valence-corrected chi connectivity index (χ0v) is 11.7. The Hall–Kier alpha value is -1.23. The second kappa shape index (κ2) is 5.40. The van der Waals surface area contributed by atoms with E-state index in [9.17, 15) is 9.59 Å². The second-order valence-corrected chi connectivity index (χ2v) is 5.63. The van der Waals surface area contributed by atoms with Crippen LogP contribution >= 0.6 is 15.9 Å². The van der Waals surface area contributed by atoms with Crippen LogP contribution in [0.15, 0.2) is 22.8 Å². The molecular weight excluding hydrogens is 284 g/mol. The molecule has 1 N–H and O–H groups in total. The van der Waals surface area contributed by atoms with E-state index in [1.165, 1.54) is 0 Å². The average molecular weight is 299 g/mol. The Bertz CT molecular complexity index is 421. The molecule has 92 valence electrons. The van der Waals surface area contributed by atoms with Crippen molar-refractivity contribution in [1.29, 1.82) is 0 Å². The normalized spacial score (nSPS) is 11.1. The van der Waals surface area contributed by atoms with Gasteiger partial charge >= 0.3 is 0 Å². The number of halogens is 1. The molecule has 0 aromatic carbocycles. The van der Waals surface area contributed by atoms with Crippen molar-refractivity contribution >= 4 is 27.6 Å². The van der Waals surface area contributed by atoms with E-state index in [2.05, 4.69) is 26.2 Å². The first-order valence-corrected chi connectivity index (χ1v) is 6.03. The van der Waals surface area contributed by atoms with Crippen molar-refractivity contribution in [2.45, 2.75) is 20.8 Å². The van der Waals surface area contributed by atoms with Gasteiger partial charge in [-0.1, -0.05) is 20.8 Å². The third kappa shape index (κ3) is 4.26. The summed E-state index contributed by atoms with van der Waals surface area (Å²) in [5.74, 6) is -0.349. The molecule has 0 bridgehead atoms. The van der Waals surface area contributed by atoms with Gasteiger partial charge in [0.15, 0.2) is 5.78 Å². The van der Waals surface area contributed by atoms with Crippen molar-refractivity contribution in [3.8, 4) is 0 Å². The Morgan fingerprint density at radius 2 is 2.00 bits per heavy atom. The Balaban J connectivity index is 2.56. The molecule has 0 aliphatic heterocycles. The molecule has 0 radical (unpaired) electrons. The van der Waals surface area contributed by atoms with Crippen LogP contribution in [-0.2, 0) is 4.79 Å². The third-order valence-electron chi connectivity index (χ3n) is 2.21. The van der Waals surface area contributed by atoms with Crippen LogP contribution in [0.5, 0.6) is 0 Å². The lowest BCUT2D eigenvalue weighted by atomic mass is 9.91. The number of carbonyl (C=O) groups excluding carboxylic acids is 2. The Labute approximate surface area is 109 Å². The topological polar surface area (TPSA) is 59.1 Å². The Kier molecular flexibility index (Phi) is 4.40. The zero-order chi connectivity index (χ0) is 13.1. The van der Waals surface area contributed by atoms with Gasteiger partial charge < -0.3 is 5.32 Å². The van der Waals surface area contributed by atoms with Gasteiger partial charge in [0, 0.05) is 16.1 Å². The van der Waals surface area contributed by atoms with Gasteiger partial charge in [0.2, 0.25) is 0 Å². The number of nitrogens with zero attached hydrogens (tertiary/aromatic N) is 1. The Morgan fingerprint density at radius 1 is 1.35 bits per heavy atom. The van der Waals surface area contributed by atoms with Crippen LogP contribution in [0.1, 0.15) is 31.3 Å². The summed E-state index contributed by atoms with van der Waals surface area (Å²) in [6.45, 7) is 5.48. The van der Waals surface area contributed by atoms with Gasteiger partial charge in [0.05, 0.1) is 6.54 Å². The van der Waals surface area contributed by atoms with Crippen LogP contribution in [0.25, 0.3) is 0 Å². The molecule has 0 atom stereocenters. The minimum Gasteiger partial charge on any atom is -0.344 e. The molecule has 4 nitrogen and oxygen atoms in total. The Morgan fingerprint density at radius 3 is 2.47 bits per heavy atom. The maximum absolute atomic E-state index is 11.6. The van der Waals surface area contributed by atoms with E-state index in [1.54, 1.807) is 18.3 Å². The first kappa shape index (κ1) is 13.8. The highest BCUT2D eigenvalue weighted by Crippen LogP contribution is 2.13. The van der Waals surface area contributed by atoms with Gasteiger partial charge in [-0.2, -0.15) is 0 Å². The summed E-state index contributed by atoms with van der Waals surface area (Å²) in [6, 6.07) is 3.33. The van der Waals surface area contributed by atoms with Crippen LogP contribution in [0, 0.1) is 5.41 Å². The lowest BCUT2D eigenvalue weighted by molar-refractivity contribution is -0.125. The molecule has 0 unspecified atom stereocenters. The van der Waals surface area contributed by atoms with Crippen molar-refractivity contribution in [2.24, 2.45) is 5.41 Å². The van der Waals surface area contributed by atoms with Crippen LogP contribution in [-0.4, -0.2) is 23.2 Å². The molecule has 17 heavy (non-hydrogen) atoms. The monoisotopic (exact) mass is 298 g/mol. The highest BCUT2D eigenvalue weighted by atomic mass is 79.9. The number of aromatic nitrogens is 1. The third-order valence-corrected chi connectivity index (χ3v) is 2.68. The molecule has 1 heterocycles. The molecule has 1 aromatic heterocycles. The van der Waals surface area contributed by atoms with Crippen molar-refractivity contribution in [2.75, 3.05) is 6.54 Å². The highest BCUT2D eigenvalue weighted by molar-refractivity contribution is 9.10. The van der Waals surface area contributed by atoms with E-state index in [-0.39, 0.29) is 18.2 Å². The summed E-state index contributed by atoms with van der Waals surface area (Å²) < 4.78 is 0.805. The van der Waals surface area contributed by atoms with Crippen LogP contribution in [0.2, 0.25) is 0 Å². The molecule has 1 amide bonds. The molecule has 0 spiro atoms. The predicted octanol–water partition coefficient (Wildman–Crippen LogP) is 2.19. The van der Waals surface area contributed by atoms with E-state index < -0.39 is 5.41 Å². The van der Waals surface area contributed by atoms with E-state index in [1.807, 2.05) is 20.8 Å². The predicted molar refractivity (Wildman–Crippen MR) is 68.7 cm³/mol. The summed E-state index contributed by atoms with van der Waals surface area (Å²) in [5.41, 5.74) is -0.143. The fourth-order valence-corrected chi connectivity index (χ4v) is 1.26. The SMILES string of the molecule is CC(C)(C)C(=O)CNC(=O)c1ccc(Br)cn1. The maximum Gasteiger partial charge on any atom is 0.270 e. The smallest absolute Gasteiger partial charge is 0.270 e. The van der Waals surface area contributed by atoms with E-state index in [4.69, 9.17) is 0 Å². The number of carbonyl (C=O) groups is 2. The molecule has 0 fully saturated rings. The minimum absolute atomic E-state index is 0.0111. The van der Waals surface area contributed by atoms with Gasteiger partial charge in [0.25, 0.3) is 5.91 Å². The molecule has 5 heteroatoms. The summed E-state index contributed by atoms with van der Waals surface area (Å²) in [6.07, 6.45) is 1.54. The molecule has 0 aliphatic carbocycles. The average Bonchev–Trinajstić information content (AvgIpc) is 2.25. The molecular formula is C12H15BrN2O2. The van der Waals surface area contributed by atoms with E-state index in [0.717, 1.165) is 4.47 Å². The summed E-state index contributed by atoms with van der Waals surface area (Å²) in [7, 11) is 0. The number of amides is 1. The van der Waals surface area contributed by atoms with Crippen molar-refractivity contribution in [3.63, 3.8) is 0 Å². The van der Waals surface area contributed by atoms with Crippen molar-refractivity contribution in [1.82, 2.24) is 10.3 Å². The standard InChI is InChI=1S/C12H15BrN2O2/c1-12(2,3)10(16)7-15-11(17)9-5-4-8(13)6-14-9/h4-6H,7H2,1-3H3,(H,15,17). The van der Waals surface area contributed by atoms with Crippen molar-refractivity contribution in [3.05, 3.63) is 28.5 Å². The molecule has 0 saturated heterocycles. The molecule has 0 saturated carbocycles. The van der Waals surface area contributed by atoms with Gasteiger partial charge in [-0.25, -0.2) is 4.98 Å². The van der Waals surface area contributed by atoms with Gasteiger partial charge in [-0.15, -0.1) is 0 Å². The first-order chi connectivity index (χ1) is 7.80. The number of hydrogen-bond donors (Lipinski definition) is 1. The quantitative estimate of drug-likeness (QED) is 0.930. The summed E-state index contributed by atoms with van der Waals surface area (Å²) in [4.78, 5) is 27.2. The summed E-state index contributed by atoms with van der Waals surface area (Å²) in [5, 5.41) is 2.56. The highest BCUT2D eigenvalue weighted by Gasteiger charge is 2.21. The number of hydrogen-bond acceptors (Lipinski definition) is 3. The maximum atomic E-state index is 11.6. The second-order valence-electron chi connectivity index (χ2n) is 4.72. The van der Waals surface area contributed by atoms with Gasteiger partial charge in [-0.05, 0) is 28.1 Å². The number of nitrogens with one attached hydrogen (secondary N) is 1. The van der Waals surface area contributed by atoms with Crippen molar-refractivity contribution < 1.29 is 9.59 Å². The van der Waals surface area contributed by atoms with Gasteiger partial charge in [-0.3, -0.25) is 9.59 Å². The minimum atomic E-state index is -0.444. The van der Waals surface area contributed by atoms with Crippen LogP contribution in [0.4, 0.5) is 0 Å². The first-order valence-electron chi connectivity index (χ1n) is 5.24. The van der Waals surface area contributed by atoms with Crippen LogP contribution in [0.3, 0.4) is 0 Å². The number of Topliss-reactive ketones (excluding diaryl/α,β-unsaturated/α-hetero) is 1. The summed E-state index contributed by atoms with van der Waals surface area (Å²) >= 11 is 3.23. The number of pyridine rings is 1. The number of ketones is 1. The zero-order valence-electron chi connectivity index (χ0n) is 10.1. The number of rotatable bonds is 3. The molecule has 0 aliphatic rings. The molecule has 1 aromatic rings. The lowest BCUT2D eigenvalue weighted by Crippen LogP contribution is -2.35.